The van der Waals surface area contributed by atoms with Gasteiger partial charge in [0.1, 0.15) is 5.75 Å². The zero-order chi connectivity index (χ0) is 17.6. The number of nitrogens with zero attached hydrogens (tertiary/aromatic N) is 1. The summed E-state index contributed by atoms with van der Waals surface area (Å²) >= 11 is 1.05. The van der Waals surface area contributed by atoms with Crippen LogP contribution in [0.15, 0.2) is 42.6 Å². The number of carbonyl (C=O) groups excluding carboxylic acids is 2. The van der Waals surface area contributed by atoms with Gasteiger partial charge in [-0.15, -0.1) is 0 Å². The first kappa shape index (κ1) is 21.0. The van der Waals surface area contributed by atoms with Crippen molar-refractivity contribution in [3.8, 4) is 5.75 Å². The van der Waals surface area contributed by atoms with Crippen LogP contribution in [-0.4, -0.2) is 28.0 Å². The summed E-state index contributed by atoms with van der Waals surface area (Å²) in [6.45, 7) is 2.67. The summed E-state index contributed by atoms with van der Waals surface area (Å²) < 4.78 is 5.75. The normalized spacial score (nSPS) is 16.1. The van der Waals surface area contributed by atoms with Crippen LogP contribution in [-0.2, 0) is 24.1 Å². The molecule has 130 valence electrons. The van der Waals surface area contributed by atoms with Crippen molar-refractivity contribution in [3.63, 3.8) is 0 Å². The van der Waals surface area contributed by atoms with Gasteiger partial charge in [-0.25, -0.2) is 0 Å². The Morgan fingerprint density at radius 2 is 1.85 bits per heavy atom. The second-order valence-corrected chi connectivity index (χ2v) is 7.02. The van der Waals surface area contributed by atoms with Crippen LogP contribution in [0.1, 0.15) is 23.7 Å². The fraction of sp³-hybridized carbons (Fsp3) is 0.316. The molecule has 0 bridgehead atoms. The molecule has 0 spiro atoms. The van der Waals surface area contributed by atoms with Gasteiger partial charge in [-0.3, -0.25) is 19.9 Å². The number of nitrogens with one attached hydrogen (secondary N) is 1. The summed E-state index contributed by atoms with van der Waals surface area (Å²) in [4.78, 5) is 27.2. The summed E-state index contributed by atoms with van der Waals surface area (Å²) in [5, 5.41) is 1.70. The predicted molar refractivity (Wildman–Crippen MR) is 97.9 cm³/mol. The van der Waals surface area contributed by atoms with E-state index < -0.39 is 0 Å². The molecule has 2 aromatic rings. The van der Waals surface area contributed by atoms with Crippen molar-refractivity contribution in [2.24, 2.45) is 0 Å². The quantitative estimate of drug-likeness (QED) is 0.695. The molecule has 1 aromatic heterocycles. The molecule has 1 saturated heterocycles. The number of amides is 2. The Balaban J connectivity index is 0.00000243. The van der Waals surface area contributed by atoms with Crippen molar-refractivity contribution in [1.29, 1.82) is 0 Å². The van der Waals surface area contributed by atoms with E-state index in [-0.39, 0.29) is 46.0 Å². The molecule has 1 aromatic carbocycles. The van der Waals surface area contributed by atoms with Crippen molar-refractivity contribution in [2.75, 3.05) is 6.61 Å². The van der Waals surface area contributed by atoms with E-state index in [0.29, 0.717) is 13.0 Å². The molecular formula is C19H20N2NaO3S+. The van der Waals surface area contributed by atoms with Gasteiger partial charge in [-0.2, -0.15) is 0 Å². The van der Waals surface area contributed by atoms with Gasteiger partial charge in [0.05, 0.1) is 11.9 Å². The van der Waals surface area contributed by atoms with Crippen LogP contribution < -0.4 is 39.6 Å². The van der Waals surface area contributed by atoms with E-state index in [4.69, 9.17) is 4.74 Å². The number of aromatic nitrogens is 1. The molecule has 1 atom stereocenters. The minimum atomic E-state index is -0.337. The second-order valence-electron chi connectivity index (χ2n) is 5.84. The molecule has 0 saturated carbocycles. The molecule has 7 heteroatoms. The number of thioether (sulfide) groups is 1. The van der Waals surface area contributed by atoms with Gasteiger partial charge >= 0.3 is 29.6 Å². The van der Waals surface area contributed by atoms with Crippen molar-refractivity contribution in [2.45, 2.75) is 31.4 Å². The molecular weight excluding hydrogens is 359 g/mol. The van der Waals surface area contributed by atoms with Crippen LogP contribution in [0.4, 0.5) is 4.79 Å². The predicted octanol–water partition coefficient (Wildman–Crippen LogP) is 0.164. The topological polar surface area (TPSA) is 68.3 Å². The zero-order valence-electron chi connectivity index (χ0n) is 15.0. The summed E-state index contributed by atoms with van der Waals surface area (Å²) in [7, 11) is 0. The molecule has 1 N–H and O–H groups in total. The van der Waals surface area contributed by atoms with Gasteiger partial charge in [0.2, 0.25) is 5.91 Å². The number of hydrogen-bond donors (Lipinski definition) is 1. The smallest absolute Gasteiger partial charge is 0.493 e. The van der Waals surface area contributed by atoms with Crippen LogP contribution in [0.3, 0.4) is 0 Å². The second kappa shape index (κ2) is 10.1. The van der Waals surface area contributed by atoms with Crippen LogP contribution in [0, 0.1) is 0 Å². The maximum Gasteiger partial charge on any atom is 1.00 e. The van der Waals surface area contributed by atoms with Crippen molar-refractivity contribution < 1.29 is 43.9 Å². The Morgan fingerprint density at radius 1 is 1.12 bits per heavy atom. The molecule has 1 fully saturated rings. The maximum absolute atomic E-state index is 11.6. The summed E-state index contributed by atoms with van der Waals surface area (Å²) in [5.74, 6) is 0.574. The van der Waals surface area contributed by atoms with Crippen LogP contribution in [0.25, 0.3) is 0 Å². The minimum absolute atomic E-state index is 0. The van der Waals surface area contributed by atoms with E-state index in [0.717, 1.165) is 41.6 Å². The molecule has 0 aliphatic carbocycles. The van der Waals surface area contributed by atoms with Crippen LogP contribution in [0.5, 0.6) is 5.75 Å². The monoisotopic (exact) mass is 379 g/mol. The van der Waals surface area contributed by atoms with Gasteiger partial charge in [0.25, 0.3) is 5.24 Å². The van der Waals surface area contributed by atoms with Crippen molar-refractivity contribution in [3.05, 3.63) is 59.4 Å². The van der Waals surface area contributed by atoms with Crippen molar-refractivity contribution in [1.82, 2.24) is 10.3 Å². The molecule has 3 rings (SSSR count). The van der Waals surface area contributed by atoms with E-state index in [1.54, 1.807) is 0 Å². The van der Waals surface area contributed by atoms with E-state index in [1.807, 2.05) is 36.5 Å². The first-order chi connectivity index (χ1) is 12.1. The number of imide groups is 1. The first-order valence-electron chi connectivity index (χ1n) is 8.31. The molecule has 2 heterocycles. The third-order valence-corrected chi connectivity index (χ3v) is 5.01. The fourth-order valence-electron chi connectivity index (χ4n) is 2.55. The number of benzene rings is 1. The van der Waals surface area contributed by atoms with Crippen LogP contribution >= 0.6 is 11.8 Å². The van der Waals surface area contributed by atoms with Crippen LogP contribution in [0.2, 0.25) is 0 Å². The third-order valence-electron chi connectivity index (χ3n) is 4.03. The largest absolute Gasteiger partial charge is 1.00 e. The Kier molecular flexibility index (Phi) is 8.15. The molecule has 5 nitrogen and oxygen atoms in total. The number of hydrogen-bond acceptors (Lipinski definition) is 5. The van der Waals surface area contributed by atoms with E-state index in [9.17, 15) is 9.59 Å². The Bertz CT molecular complexity index is 750. The van der Waals surface area contributed by atoms with Crippen molar-refractivity contribution >= 4 is 22.9 Å². The van der Waals surface area contributed by atoms with Gasteiger partial charge in [0, 0.05) is 18.3 Å². The Labute approximate surface area is 179 Å². The van der Waals surface area contributed by atoms with E-state index in [1.165, 1.54) is 5.56 Å². The fourth-order valence-corrected chi connectivity index (χ4v) is 3.41. The van der Waals surface area contributed by atoms with Gasteiger partial charge in [-0.05, 0) is 42.2 Å². The SMILES string of the molecule is CCc1ccc(CCOc2ccc(CC3SC(=O)NC3=O)cc2)nc1.[Na+]. The van der Waals surface area contributed by atoms with E-state index in [2.05, 4.69) is 23.3 Å². The number of carbonyl (C=O) groups is 2. The number of ether oxygens (including phenoxy) is 1. The molecule has 1 aliphatic rings. The number of pyridine rings is 1. The first-order valence-corrected chi connectivity index (χ1v) is 9.19. The molecule has 0 radical (unpaired) electrons. The average Bonchev–Trinajstić information content (AvgIpc) is 2.94. The molecule has 2 amide bonds. The van der Waals surface area contributed by atoms with E-state index >= 15 is 0 Å². The summed E-state index contributed by atoms with van der Waals surface area (Å²) in [6, 6.07) is 11.8. The Morgan fingerprint density at radius 3 is 2.42 bits per heavy atom. The number of rotatable bonds is 7. The molecule has 1 unspecified atom stereocenters. The summed E-state index contributed by atoms with van der Waals surface area (Å²) in [6.07, 6.45) is 4.19. The maximum atomic E-state index is 11.6. The molecule has 26 heavy (non-hydrogen) atoms. The Hall–Kier alpha value is -1.34. The average molecular weight is 379 g/mol. The minimum Gasteiger partial charge on any atom is -0.493 e. The standard InChI is InChI=1S/C19H20N2O3S.Na/c1-2-13-3-6-15(20-12-13)9-10-24-16-7-4-14(5-8-16)11-17-18(22)21-19(23)25-17;/h3-8,12,17H,2,9-11H2,1H3,(H,21,22,23);/q;+1. The zero-order valence-corrected chi connectivity index (χ0v) is 17.8. The van der Waals surface area contributed by atoms with Gasteiger partial charge < -0.3 is 4.74 Å². The van der Waals surface area contributed by atoms with Gasteiger partial charge in [0.15, 0.2) is 0 Å². The molecule has 1 aliphatic heterocycles. The summed E-state index contributed by atoms with van der Waals surface area (Å²) in [5.41, 5.74) is 3.25. The number of aryl methyl sites for hydroxylation is 1. The third kappa shape index (κ3) is 5.84. The van der Waals surface area contributed by atoms with Gasteiger partial charge in [-0.1, -0.05) is 36.9 Å².